The van der Waals surface area contributed by atoms with E-state index >= 15 is 0 Å². The average Bonchev–Trinajstić information content (AvgIpc) is 3.89. The molecule has 0 amide bonds. The first-order chi connectivity index (χ1) is 29.7. The maximum absolute atomic E-state index is 11.2. The van der Waals surface area contributed by atoms with Gasteiger partial charge in [0.25, 0.3) is 0 Å². The molecule has 0 bridgehead atoms. The van der Waals surface area contributed by atoms with Gasteiger partial charge >= 0.3 is 0 Å². The minimum Gasteiger partial charge on any atom is -0.454 e. The number of rotatable bonds is 3. The van der Waals surface area contributed by atoms with Crippen LogP contribution in [0.2, 0.25) is 0 Å². The molecule has 10 rings (SSSR count). The molecule has 3 aromatic heterocycles. The van der Waals surface area contributed by atoms with Crippen molar-refractivity contribution in [2.75, 3.05) is 0 Å². The molecular formula is C59H57N3O. The maximum atomic E-state index is 11.2. The number of para-hydroxylation sites is 1. The first kappa shape index (κ1) is 40.5. The van der Waals surface area contributed by atoms with Crippen LogP contribution < -0.4 is 0 Å². The topological polar surface area (TPSA) is 46.8 Å². The van der Waals surface area contributed by atoms with Crippen LogP contribution in [-0.4, -0.2) is 9.13 Å². The van der Waals surface area contributed by atoms with Gasteiger partial charge in [0.15, 0.2) is 5.58 Å². The summed E-state index contributed by atoms with van der Waals surface area (Å²) in [7, 11) is 0. The van der Waals surface area contributed by atoms with Crippen molar-refractivity contribution in [1.29, 1.82) is 5.26 Å². The molecule has 0 aliphatic rings. The third kappa shape index (κ3) is 6.38. The van der Waals surface area contributed by atoms with E-state index in [0.717, 1.165) is 60.9 Å². The highest BCUT2D eigenvalue weighted by Gasteiger charge is 2.30. The second kappa shape index (κ2) is 13.7. The summed E-state index contributed by atoms with van der Waals surface area (Å²) in [5, 5.41) is 17.9. The molecule has 314 valence electrons. The lowest BCUT2D eigenvalue weighted by Gasteiger charge is -2.21. The highest BCUT2D eigenvalue weighted by Crippen LogP contribution is 2.48. The largest absolute Gasteiger partial charge is 0.454 e. The predicted octanol–water partition coefficient (Wildman–Crippen LogP) is 16.5. The van der Waals surface area contributed by atoms with Crippen LogP contribution in [0.3, 0.4) is 0 Å². The second-order valence-electron chi connectivity index (χ2n) is 21.9. The zero-order valence-electron chi connectivity index (χ0n) is 38.9. The zero-order chi connectivity index (χ0) is 44.5. The molecule has 3 heterocycles. The fourth-order valence-corrected chi connectivity index (χ4v) is 9.68. The fraction of sp³-hybridized carbons (Fsp3) is 0.271. The van der Waals surface area contributed by atoms with Gasteiger partial charge in [-0.05, 0) is 104 Å². The van der Waals surface area contributed by atoms with Crippen molar-refractivity contribution in [3.8, 4) is 28.6 Å². The van der Waals surface area contributed by atoms with Crippen molar-refractivity contribution in [1.82, 2.24) is 9.13 Å². The molecule has 4 nitrogen and oxygen atoms in total. The van der Waals surface area contributed by atoms with Gasteiger partial charge < -0.3 is 13.6 Å². The summed E-state index contributed by atoms with van der Waals surface area (Å²) in [4.78, 5) is 0. The third-order valence-corrected chi connectivity index (χ3v) is 13.4. The van der Waals surface area contributed by atoms with Crippen LogP contribution in [0.5, 0.6) is 0 Å². The van der Waals surface area contributed by atoms with Crippen molar-refractivity contribution in [2.45, 2.75) is 105 Å². The number of fused-ring (bicyclic) bond motifs is 9. The Morgan fingerprint density at radius 1 is 0.429 bits per heavy atom. The van der Waals surface area contributed by atoms with Gasteiger partial charge in [-0.1, -0.05) is 156 Å². The molecule has 0 saturated heterocycles. The maximum Gasteiger partial charge on any atom is 0.155 e. The summed E-state index contributed by atoms with van der Waals surface area (Å²) < 4.78 is 11.9. The molecule has 0 aliphatic heterocycles. The molecule has 63 heavy (non-hydrogen) atoms. The second-order valence-corrected chi connectivity index (χ2v) is 21.9. The summed E-state index contributed by atoms with van der Waals surface area (Å²) in [6.45, 7) is 27.4. The Labute approximate surface area is 371 Å². The van der Waals surface area contributed by atoms with Crippen LogP contribution in [-0.2, 0) is 21.7 Å². The van der Waals surface area contributed by atoms with Gasteiger partial charge in [-0.15, -0.1) is 0 Å². The summed E-state index contributed by atoms with van der Waals surface area (Å²) in [6, 6.07) is 49.6. The standard InChI is InChI=1S/C59H57N3O/c1-56(2,3)37-21-25-47-43(30-37)44-31-38(57(4,5)6)22-26-48(44)61(47)51-29-36(34-60)54-52(42-20-16-19-41(55(42)63-54)35-17-14-13-15-18-35)53(51)62-49-27-23-39(58(7,8)9)32-45(49)46-33-40(59(10,11)12)24-28-50(46)62/h13-33H,1-12H3. The van der Waals surface area contributed by atoms with Crippen LogP contribution in [0.4, 0.5) is 0 Å². The van der Waals surface area contributed by atoms with E-state index in [0.29, 0.717) is 11.1 Å². The van der Waals surface area contributed by atoms with Gasteiger partial charge in [-0.25, -0.2) is 0 Å². The minimum absolute atomic E-state index is 0.0464. The van der Waals surface area contributed by atoms with E-state index in [1.807, 2.05) is 6.07 Å². The number of hydrogen-bond acceptors (Lipinski definition) is 2. The number of nitrogens with zero attached hydrogens (tertiary/aromatic N) is 3. The smallest absolute Gasteiger partial charge is 0.155 e. The molecule has 7 aromatic carbocycles. The molecule has 0 atom stereocenters. The van der Waals surface area contributed by atoms with Crippen LogP contribution in [0.15, 0.2) is 132 Å². The van der Waals surface area contributed by atoms with E-state index < -0.39 is 0 Å². The van der Waals surface area contributed by atoms with Gasteiger partial charge in [0.2, 0.25) is 0 Å². The van der Waals surface area contributed by atoms with E-state index in [2.05, 4.69) is 220 Å². The molecule has 0 radical (unpaired) electrons. The Hall–Kier alpha value is -6.57. The van der Waals surface area contributed by atoms with Gasteiger partial charge in [0, 0.05) is 32.5 Å². The molecule has 0 unspecified atom stereocenters. The zero-order valence-corrected chi connectivity index (χ0v) is 38.9. The van der Waals surface area contributed by atoms with Gasteiger partial charge in [-0.2, -0.15) is 5.26 Å². The molecule has 10 aromatic rings. The van der Waals surface area contributed by atoms with Crippen LogP contribution in [0.25, 0.3) is 88.1 Å². The Bertz CT molecular complexity index is 3390. The van der Waals surface area contributed by atoms with Crippen molar-refractivity contribution < 1.29 is 4.42 Å². The monoisotopic (exact) mass is 823 g/mol. The van der Waals surface area contributed by atoms with E-state index in [9.17, 15) is 5.26 Å². The molecule has 0 fully saturated rings. The first-order valence-electron chi connectivity index (χ1n) is 22.4. The molecule has 0 spiro atoms. The van der Waals surface area contributed by atoms with Crippen molar-refractivity contribution >= 4 is 65.6 Å². The third-order valence-electron chi connectivity index (χ3n) is 13.4. The number of hydrogen-bond donors (Lipinski definition) is 0. The summed E-state index contributed by atoms with van der Waals surface area (Å²) in [5.74, 6) is 0. The van der Waals surface area contributed by atoms with E-state index in [4.69, 9.17) is 4.42 Å². The van der Waals surface area contributed by atoms with E-state index in [-0.39, 0.29) is 21.7 Å². The van der Waals surface area contributed by atoms with Crippen LogP contribution >= 0.6 is 0 Å². The summed E-state index contributed by atoms with van der Waals surface area (Å²) >= 11 is 0. The Morgan fingerprint density at radius 3 is 1.27 bits per heavy atom. The van der Waals surface area contributed by atoms with Gasteiger partial charge in [0.05, 0.1) is 44.4 Å². The van der Waals surface area contributed by atoms with E-state index in [1.165, 1.54) is 43.8 Å². The summed E-state index contributed by atoms with van der Waals surface area (Å²) in [6.07, 6.45) is 0. The number of nitriles is 1. The lowest BCUT2D eigenvalue weighted by Crippen LogP contribution is -2.11. The Kier molecular flexibility index (Phi) is 8.82. The highest BCUT2D eigenvalue weighted by molar-refractivity contribution is 6.20. The van der Waals surface area contributed by atoms with Crippen molar-refractivity contribution in [2.24, 2.45) is 0 Å². The SMILES string of the molecule is CC(C)(C)c1ccc2c(c1)c1cc(C(C)(C)C)ccc1n2-c1cc(C#N)c2oc3c(-c4ccccc4)cccc3c2c1-n1c2ccc(C(C)(C)C)cc2c2cc(C(C)(C)C)ccc21. The number of benzene rings is 7. The summed E-state index contributed by atoms with van der Waals surface area (Å²) in [5.41, 5.74) is 15.2. The Morgan fingerprint density at radius 2 is 0.857 bits per heavy atom. The lowest BCUT2D eigenvalue weighted by atomic mass is 9.85. The quantitative estimate of drug-likeness (QED) is 0.178. The normalized spacial score (nSPS) is 13.1. The molecule has 0 N–H and O–H groups in total. The fourth-order valence-electron chi connectivity index (χ4n) is 9.68. The Balaban J connectivity index is 1.46. The van der Waals surface area contributed by atoms with Crippen molar-refractivity contribution in [3.63, 3.8) is 0 Å². The number of furan rings is 1. The molecule has 0 aliphatic carbocycles. The number of aromatic nitrogens is 2. The lowest BCUT2D eigenvalue weighted by molar-refractivity contribution is 0.590. The van der Waals surface area contributed by atoms with Crippen molar-refractivity contribution in [3.05, 3.63) is 155 Å². The molecule has 0 saturated carbocycles. The van der Waals surface area contributed by atoms with Crippen LogP contribution in [0, 0.1) is 11.3 Å². The van der Waals surface area contributed by atoms with E-state index in [1.54, 1.807) is 0 Å². The molecular weight excluding hydrogens is 767 g/mol. The van der Waals surface area contributed by atoms with Crippen LogP contribution in [0.1, 0.15) is 111 Å². The highest BCUT2D eigenvalue weighted by atomic mass is 16.3. The van der Waals surface area contributed by atoms with Gasteiger partial charge in [0.1, 0.15) is 11.7 Å². The average molecular weight is 824 g/mol. The first-order valence-corrected chi connectivity index (χ1v) is 22.4. The van der Waals surface area contributed by atoms with Gasteiger partial charge in [-0.3, -0.25) is 0 Å². The molecule has 4 heteroatoms. The predicted molar refractivity (Wildman–Crippen MR) is 267 cm³/mol. The minimum atomic E-state index is -0.0491.